The van der Waals surface area contributed by atoms with E-state index in [4.69, 9.17) is 15.3 Å². The lowest BCUT2D eigenvalue weighted by molar-refractivity contribution is -0.168. The second-order valence-corrected chi connectivity index (χ2v) is 4.48. The van der Waals surface area contributed by atoms with Crippen LogP contribution in [0.1, 0.15) is 32.1 Å². The molecule has 0 heterocycles. The van der Waals surface area contributed by atoms with Gasteiger partial charge in [0.15, 0.2) is 5.60 Å². The lowest BCUT2D eigenvalue weighted by atomic mass is 9.94. The Morgan fingerprint density at radius 3 is 1.78 bits per heavy atom. The number of esters is 2. The number of Topliss-reactive ketones (excluding diaryl/α,β-unsaturated/α-hetero) is 1. The van der Waals surface area contributed by atoms with Crippen molar-refractivity contribution < 1.29 is 53.9 Å². The molecule has 0 aromatic rings. The number of carbonyl (C=O) groups excluding carboxylic acids is 3. The van der Waals surface area contributed by atoms with Crippen molar-refractivity contribution in [2.75, 3.05) is 0 Å². The van der Waals surface area contributed by atoms with Crippen LogP contribution in [-0.2, 0) is 33.5 Å². The van der Waals surface area contributed by atoms with Gasteiger partial charge in [-0.25, -0.2) is 9.59 Å². The number of carboxylic acids is 3. The topological polar surface area (TPSA) is 193 Å². The summed E-state index contributed by atoms with van der Waals surface area (Å²) < 4.78 is 4.19. The van der Waals surface area contributed by atoms with Gasteiger partial charge in [-0.3, -0.25) is 19.2 Å². The molecule has 1 atom stereocenters. The Morgan fingerprint density at radius 2 is 1.35 bits per heavy atom. The van der Waals surface area contributed by atoms with Crippen LogP contribution in [0.5, 0.6) is 0 Å². The van der Waals surface area contributed by atoms with Crippen molar-refractivity contribution in [2.24, 2.45) is 0 Å². The van der Waals surface area contributed by atoms with Gasteiger partial charge < -0.3 is 25.2 Å². The predicted molar refractivity (Wildman–Crippen MR) is 67.0 cm³/mol. The van der Waals surface area contributed by atoms with Gasteiger partial charge in [-0.15, -0.1) is 0 Å². The second kappa shape index (κ2) is 8.58. The van der Waals surface area contributed by atoms with E-state index in [0.717, 1.165) is 0 Å². The molecule has 0 radical (unpaired) electrons. The first-order chi connectivity index (χ1) is 10.5. The predicted octanol–water partition coefficient (Wildman–Crippen LogP) is -1.44. The summed E-state index contributed by atoms with van der Waals surface area (Å²) in [5, 5.41) is 35.1. The Kier molecular flexibility index (Phi) is 7.53. The molecule has 0 aromatic carbocycles. The maximum Gasteiger partial charge on any atom is 0.372 e. The van der Waals surface area contributed by atoms with Gasteiger partial charge in [0.2, 0.25) is 5.78 Å². The number of aliphatic carboxylic acids is 3. The molecule has 0 rings (SSSR count). The molecule has 0 aliphatic rings. The molecule has 0 fully saturated rings. The van der Waals surface area contributed by atoms with Crippen molar-refractivity contribution in [1.29, 1.82) is 0 Å². The zero-order chi connectivity index (χ0) is 18.2. The zero-order valence-electron chi connectivity index (χ0n) is 11.7. The van der Waals surface area contributed by atoms with E-state index in [2.05, 4.69) is 4.74 Å². The third-order valence-corrected chi connectivity index (χ3v) is 2.61. The minimum Gasteiger partial charge on any atom is -0.481 e. The SMILES string of the molecule is O=C(O)CC(O)(CCC(=O)OC(=O)CCC(=O)C(=O)O)C(=O)O. The van der Waals surface area contributed by atoms with Crippen LogP contribution < -0.4 is 0 Å². The first-order valence-electron chi connectivity index (χ1n) is 6.15. The number of ketones is 1. The van der Waals surface area contributed by atoms with E-state index >= 15 is 0 Å². The fourth-order valence-electron chi connectivity index (χ4n) is 1.38. The monoisotopic (exact) mass is 334 g/mol. The van der Waals surface area contributed by atoms with Crippen LogP contribution in [0.25, 0.3) is 0 Å². The molecule has 11 heteroatoms. The lowest BCUT2D eigenvalue weighted by Gasteiger charge is -2.20. The molecule has 0 saturated carbocycles. The van der Waals surface area contributed by atoms with Crippen LogP contribution in [0.15, 0.2) is 0 Å². The molecular weight excluding hydrogens is 320 g/mol. The van der Waals surface area contributed by atoms with Gasteiger partial charge in [0.05, 0.1) is 12.8 Å². The van der Waals surface area contributed by atoms with E-state index < -0.39 is 73.3 Å². The fourth-order valence-corrected chi connectivity index (χ4v) is 1.38. The molecule has 0 spiro atoms. The van der Waals surface area contributed by atoms with Crippen molar-refractivity contribution in [1.82, 2.24) is 0 Å². The standard InChI is InChI=1S/C12H14O11/c13-6(10(18)19)1-2-8(16)23-9(17)3-4-12(22,11(20)21)5-7(14)15/h22H,1-5H2,(H,14,15)(H,18,19)(H,20,21). The van der Waals surface area contributed by atoms with Crippen molar-refractivity contribution in [2.45, 2.75) is 37.7 Å². The summed E-state index contributed by atoms with van der Waals surface area (Å²) in [6.45, 7) is 0. The van der Waals surface area contributed by atoms with E-state index in [9.17, 15) is 33.9 Å². The quantitative estimate of drug-likeness (QED) is 0.208. The van der Waals surface area contributed by atoms with Crippen molar-refractivity contribution in [3.05, 3.63) is 0 Å². The van der Waals surface area contributed by atoms with E-state index in [1.54, 1.807) is 0 Å². The summed E-state index contributed by atoms with van der Waals surface area (Å²) in [5.74, 6) is -8.91. The molecule has 0 aliphatic carbocycles. The normalized spacial score (nSPS) is 12.7. The molecule has 1 unspecified atom stereocenters. The third kappa shape index (κ3) is 7.66. The third-order valence-electron chi connectivity index (χ3n) is 2.61. The average Bonchev–Trinajstić information content (AvgIpc) is 2.41. The summed E-state index contributed by atoms with van der Waals surface area (Å²) in [4.78, 5) is 64.6. The molecule has 0 amide bonds. The first kappa shape index (κ1) is 20.2. The number of hydrogen-bond acceptors (Lipinski definition) is 8. The molecule has 128 valence electrons. The number of ether oxygens (including phenoxy) is 1. The maximum atomic E-state index is 11.3. The summed E-state index contributed by atoms with van der Waals surface area (Å²) in [6, 6.07) is 0. The van der Waals surface area contributed by atoms with Gasteiger partial charge in [-0.2, -0.15) is 0 Å². The van der Waals surface area contributed by atoms with Crippen LogP contribution >= 0.6 is 0 Å². The number of hydrogen-bond donors (Lipinski definition) is 4. The Hall–Kier alpha value is -2.82. The number of aliphatic hydroxyl groups is 1. The fraction of sp³-hybridized carbons (Fsp3) is 0.500. The molecule has 11 nitrogen and oxygen atoms in total. The minimum absolute atomic E-state index is 0.671. The smallest absolute Gasteiger partial charge is 0.372 e. The van der Waals surface area contributed by atoms with Crippen LogP contribution in [-0.4, -0.2) is 61.7 Å². The highest BCUT2D eigenvalue weighted by molar-refractivity contribution is 6.32. The Labute approximate surface area is 128 Å². The number of carbonyl (C=O) groups is 6. The van der Waals surface area contributed by atoms with Gasteiger partial charge in [0.25, 0.3) is 0 Å². The summed E-state index contributed by atoms with van der Waals surface area (Å²) in [6.07, 6.45) is -4.09. The van der Waals surface area contributed by atoms with Gasteiger partial charge in [-0.1, -0.05) is 0 Å². The maximum absolute atomic E-state index is 11.3. The van der Waals surface area contributed by atoms with Crippen LogP contribution in [0, 0.1) is 0 Å². The number of rotatable bonds is 10. The van der Waals surface area contributed by atoms with E-state index in [1.807, 2.05) is 0 Å². The van der Waals surface area contributed by atoms with E-state index in [1.165, 1.54) is 0 Å². The summed E-state index contributed by atoms with van der Waals surface area (Å²) in [5.41, 5.74) is -2.70. The van der Waals surface area contributed by atoms with Gasteiger partial charge in [-0.05, 0) is 6.42 Å². The highest BCUT2D eigenvalue weighted by Gasteiger charge is 2.39. The van der Waals surface area contributed by atoms with Gasteiger partial charge >= 0.3 is 29.8 Å². The molecule has 4 N–H and O–H groups in total. The lowest BCUT2D eigenvalue weighted by Crippen LogP contribution is -2.41. The second-order valence-electron chi connectivity index (χ2n) is 4.48. The van der Waals surface area contributed by atoms with E-state index in [0.29, 0.717) is 0 Å². The molecule has 23 heavy (non-hydrogen) atoms. The Balaban J connectivity index is 4.40. The van der Waals surface area contributed by atoms with E-state index in [-0.39, 0.29) is 0 Å². The summed E-state index contributed by atoms with van der Waals surface area (Å²) in [7, 11) is 0. The van der Waals surface area contributed by atoms with Gasteiger partial charge in [0.1, 0.15) is 0 Å². The zero-order valence-corrected chi connectivity index (χ0v) is 11.7. The van der Waals surface area contributed by atoms with Crippen molar-refractivity contribution in [3.63, 3.8) is 0 Å². The van der Waals surface area contributed by atoms with Crippen molar-refractivity contribution in [3.8, 4) is 0 Å². The molecule has 0 bridgehead atoms. The molecule has 0 aliphatic heterocycles. The van der Waals surface area contributed by atoms with Crippen molar-refractivity contribution >= 4 is 35.6 Å². The number of carboxylic acid groups (broad SMARTS) is 3. The highest BCUT2D eigenvalue weighted by Crippen LogP contribution is 2.18. The largest absolute Gasteiger partial charge is 0.481 e. The Morgan fingerprint density at radius 1 is 0.826 bits per heavy atom. The Bertz CT molecular complexity index is 535. The minimum atomic E-state index is -2.70. The van der Waals surface area contributed by atoms with Crippen LogP contribution in [0.4, 0.5) is 0 Å². The molecular formula is C12H14O11. The first-order valence-corrected chi connectivity index (χ1v) is 6.15. The molecule has 0 saturated heterocycles. The van der Waals surface area contributed by atoms with Crippen LogP contribution in [0.2, 0.25) is 0 Å². The van der Waals surface area contributed by atoms with Crippen LogP contribution in [0.3, 0.4) is 0 Å². The summed E-state index contributed by atoms with van der Waals surface area (Å²) >= 11 is 0. The average molecular weight is 334 g/mol. The highest BCUT2D eigenvalue weighted by atomic mass is 16.6. The molecule has 0 aromatic heterocycles. The van der Waals surface area contributed by atoms with Gasteiger partial charge in [0, 0.05) is 12.8 Å².